The smallest absolute Gasteiger partial charge is 0.266 e. The number of nitrogens with zero attached hydrogens (tertiary/aromatic N) is 1. The van der Waals surface area contributed by atoms with Crippen LogP contribution >= 0.6 is 34.2 Å². The van der Waals surface area contributed by atoms with Gasteiger partial charge in [0.05, 0.1) is 3.57 Å². The van der Waals surface area contributed by atoms with Gasteiger partial charge in [0.15, 0.2) is 0 Å². The molecule has 6 heteroatoms. The third-order valence-electron chi connectivity index (χ3n) is 4.00. The number of halogens is 2. The van der Waals surface area contributed by atoms with E-state index in [1.54, 1.807) is 24.3 Å². The SMILES string of the molecule is N#C/C(=C/c1ccc(OCc2ccccc2Cl)c(I)c1)C(=O)Nc1ccccc1. The first-order valence-electron chi connectivity index (χ1n) is 8.71. The topological polar surface area (TPSA) is 62.1 Å². The zero-order chi connectivity index (χ0) is 20.6. The first kappa shape index (κ1) is 20.9. The zero-order valence-electron chi connectivity index (χ0n) is 15.2. The number of para-hydroxylation sites is 1. The summed E-state index contributed by atoms with van der Waals surface area (Å²) in [4.78, 5) is 12.4. The summed E-state index contributed by atoms with van der Waals surface area (Å²) in [6.07, 6.45) is 1.55. The fourth-order valence-corrected chi connectivity index (χ4v) is 3.42. The summed E-state index contributed by atoms with van der Waals surface area (Å²) in [6, 6.07) is 24.0. The molecule has 0 spiro atoms. The van der Waals surface area contributed by atoms with Gasteiger partial charge in [0.1, 0.15) is 24.0 Å². The maximum Gasteiger partial charge on any atom is 0.266 e. The Morgan fingerprint density at radius 1 is 1.10 bits per heavy atom. The maximum atomic E-state index is 12.4. The summed E-state index contributed by atoms with van der Waals surface area (Å²) >= 11 is 8.32. The molecule has 0 radical (unpaired) electrons. The molecule has 0 saturated carbocycles. The highest BCUT2D eigenvalue weighted by molar-refractivity contribution is 14.1. The Morgan fingerprint density at radius 2 is 1.83 bits per heavy atom. The molecule has 0 saturated heterocycles. The molecule has 4 nitrogen and oxygen atoms in total. The first-order chi connectivity index (χ1) is 14.1. The number of hydrogen-bond donors (Lipinski definition) is 1. The van der Waals surface area contributed by atoms with E-state index in [4.69, 9.17) is 16.3 Å². The van der Waals surface area contributed by atoms with Crippen LogP contribution in [0.4, 0.5) is 5.69 Å². The molecule has 0 aliphatic rings. The molecule has 3 aromatic rings. The molecule has 0 aliphatic carbocycles. The Morgan fingerprint density at radius 3 is 2.52 bits per heavy atom. The fourth-order valence-electron chi connectivity index (χ4n) is 2.53. The molecule has 3 rings (SSSR count). The van der Waals surface area contributed by atoms with Crippen LogP contribution in [-0.4, -0.2) is 5.91 Å². The van der Waals surface area contributed by atoms with Gasteiger partial charge in [0, 0.05) is 16.3 Å². The van der Waals surface area contributed by atoms with E-state index in [9.17, 15) is 10.1 Å². The molecule has 29 heavy (non-hydrogen) atoms. The Balaban J connectivity index is 1.72. The van der Waals surface area contributed by atoms with E-state index in [0.717, 1.165) is 14.7 Å². The Kier molecular flexibility index (Phi) is 7.28. The minimum Gasteiger partial charge on any atom is -0.488 e. The van der Waals surface area contributed by atoms with Gasteiger partial charge >= 0.3 is 0 Å². The molecule has 0 heterocycles. The molecule has 0 unspecified atom stereocenters. The van der Waals surface area contributed by atoms with Crippen LogP contribution in [-0.2, 0) is 11.4 Å². The van der Waals surface area contributed by atoms with Gasteiger partial charge in [-0.25, -0.2) is 0 Å². The van der Waals surface area contributed by atoms with E-state index >= 15 is 0 Å². The molecule has 0 fully saturated rings. The molecule has 0 aromatic heterocycles. The third kappa shape index (κ3) is 5.83. The molecule has 3 aromatic carbocycles. The molecular weight excluding hydrogens is 499 g/mol. The van der Waals surface area contributed by atoms with Gasteiger partial charge in [-0.1, -0.05) is 54.1 Å². The van der Waals surface area contributed by atoms with Crippen molar-refractivity contribution in [2.75, 3.05) is 5.32 Å². The Labute approximate surface area is 187 Å². The van der Waals surface area contributed by atoms with Gasteiger partial charge in [0.25, 0.3) is 5.91 Å². The number of carbonyl (C=O) groups is 1. The van der Waals surface area contributed by atoms with Crippen molar-refractivity contribution >= 4 is 51.9 Å². The highest BCUT2D eigenvalue weighted by Gasteiger charge is 2.10. The standard InChI is InChI=1S/C23H16ClIN2O2/c24-20-9-5-4-6-17(20)15-29-22-11-10-16(13-21(22)25)12-18(14-26)23(28)27-19-7-2-1-3-8-19/h1-13H,15H2,(H,27,28)/b18-12-. The molecule has 1 N–H and O–H groups in total. The van der Waals surface area contributed by atoms with Crippen molar-refractivity contribution < 1.29 is 9.53 Å². The lowest BCUT2D eigenvalue weighted by atomic mass is 10.1. The lowest BCUT2D eigenvalue weighted by molar-refractivity contribution is -0.112. The van der Waals surface area contributed by atoms with Crippen molar-refractivity contribution in [3.63, 3.8) is 0 Å². The van der Waals surface area contributed by atoms with Crippen LogP contribution in [0.2, 0.25) is 5.02 Å². The van der Waals surface area contributed by atoms with Crippen LogP contribution in [0.1, 0.15) is 11.1 Å². The van der Waals surface area contributed by atoms with Crippen LogP contribution in [0, 0.1) is 14.9 Å². The second-order valence-electron chi connectivity index (χ2n) is 6.06. The van der Waals surface area contributed by atoms with Gasteiger partial charge in [-0.2, -0.15) is 5.26 Å². The predicted molar refractivity (Wildman–Crippen MR) is 124 cm³/mol. The molecular formula is C23H16ClIN2O2. The number of benzene rings is 3. The van der Waals surface area contributed by atoms with Crippen molar-refractivity contribution in [1.82, 2.24) is 0 Å². The van der Waals surface area contributed by atoms with E-state index < -0.39 is 5.91 Å². The predicted octanol–water partition coefficient (Wildman–Crippen LogP) is 6.07. The number of rotatable bonds is 6. The summed E-state index contributed by atoms with van der Waals surface area (Å²) in [5, 5.41) is 12.7. The maximum absolute atomic E-state index is 12.4. The second-order valence-corrected chi connectivity index (χ2v) is 7.63. The summed E-state index contributed by atoms with van der Waals surface area (Å²) in [6.45, 7) is 0.355. The number of hydrogen-bond acceptors (Lipinski definition) is 3. The Bertz CT molecular complexity index is 1090. The number of carbonyl (C=O) groups excluding carboxylic acids is 1. The quantitative estimate of drug-likeness (QED) is 0.247. The van der Waals surface area contributed by atoms with Gasteiger partial charge in [0.2, 0.25) is 0 Å². The van der Waals surface area contributed by atoms with Crippen molar-refractivity contribution in [3.8, 4) is 11.8 Å². The van der Waals surface area contributed by atoms with E-state index in [2.05, 4.69) is 27.9 Å². The van der Waals surface area contributed by atoms with Crippen molar-refractivity contribution in [3.05, 3.63) is 98.1 Å². The van der Waals surface area contributed by atoms with Crippen molar-refractivity contribution in [2.24, 2.45) is 0 Å². The van der Waals surface area contributed by atoms with E-state index in [1.807, 2.05) is 60.7 Å². The molecule has 144 valence electrons. The minimum absolute atomic E-state index is 0.0226. The number of anilines is 1. The molecule has 0 aliphatic heterocycles. The summed E-state index contributed by atoms with van der Waals surface area (Å²) < 4.78 is 6.72. The highest BCUT2D eigenvalue weighted by atomic mass is 127. The minimum atomic E-state index is -0.451. The fraction of sp³-hybridized carbons (Fsp3) is 0.0435. The number of amides is 1. The number of nitrogens with one attached hydrogen (secondary N) is 1. The number of ether oxygens (including phenoxy) is 1. The molecule has 0 bridgehead atoms. The number of nitriles is 1. The average molecular weight is 515 g/mol. The largest absolute Gasteiger partial charge is 0.488 e. The normalized spacial score (nSPS) is 10.9. The van der Waals surface area contributed by atoms with Crippen LogP contribution < -0.4 is 10.1 Å². The summed E-state index contributed by atoms with van der Waals surface area (Å²) in [7, 11) is 0. The Hall–Kier alpha value is -2.82. The lowest BCUT2D eigenvalue weighted by Crippen LogP contribution is -2.13. The van der Waals surface area contributed by atoms with Gasteiger partial charge in [-0.3, -0.25) is 4.79 Å². The van der Waals surface area contributed by atoms with Gasteiger partial charge in [-0.15, -0.1) is 0 Å². The van der Waals surface area contributed by atoms with Crippen LogP contribution in [0.5, 0.6) is 5.75 Å². The first-order valence-corrected chi connectivity index (χ1v) is 10.2. The summed E-state index contributed by atoms with van der Waals surface area (Å²) in [5.41, 5.74) is 2.29. The average Bonchev–Trinajstić information content (AvgIpc) is 2.73. The molecule has 0 atom stereocenters. The lowest BCUT2D eigenvalue weighted by Gasteiger charge is -2.10. The zero-order valence-corrected chi connectivity index (χ0v) is 18.1. The highest BCUT2D eigenvalue weighted by Crippen LogP contribution is 2.25. The third-order valence-corrected chi connectivity index (χ3v) is 5.22. The van der Waals surface area contributed by atoms with E-state index in [-0.39, 0.29) is 5.57 Å². The van der Waals surface area contributed by atoms with Crippen LogP contribution in [0.15, 0.2) is 78.4 Å². The van der Waals surface area contributed by atoms with Gasteiger partial charge in [-0.05, 0) is 64.6 Å². The van der Waals surface area contributed by atoms with Crippen LogP contribution in [0.25, 0.3) is 6.08 Å². The second kappa shape index (κ2) is 10.1. The van der Waals surface area contributed by atoms with E-state index in [1.165, 1.54) is 0 Å². The van der Waals surface area contributed by atoms with E-state index in [0.29, 0.717) is 23.1 Å². The van der Waals surface area contributed by atoms with Gasteiger partial charge < -0.3 is 10.1 Å². The van der Waals surface area contributed by atoms with Crippen molar-refractivity contribution in [1.29, 1.82) is 5.26 Å². The summed E-state index contributed by atoms with van der Waals surface area (Å²) in [5.74, 6) is 0.252. The van der Waals surface area contributed by atoms with Crippen LogP contribution in [0.3, 0.4) is 0 Å². The molecule has 1 amide bonds. The monoisotopic (exact) mass is 514 g/mol. The van der Waals surface area contributed by atoms with Crippen molar-refractivity contribution in [2.45, 2.75) is 6.61 Å².